The number of pyridine rings is 2. The highest BCUT2D eigenvalue weighted by Gasteiger charge is 2.22. The Morgan fingerprint density at radius 2 is 1.78 bits per heavy atom. The molecule has 1 aliphatic rings. The molecular weight excluding hydrogens is 353 g/mol. The van der Waals surface area contributed by atoms with Crippen LogP contribution in [-0.2, 0) is 11.3 Å². The number of nitrogens with two attached hydrogens (primary N) is 2. The van der Waals surface area contributed by atoms with Crippen molar-refractivity contribution >= 4 is 23.6 Å². The molecule has 0 aromatic carbocycles. The standard InChI is InChI=1S/C17H20FN7O2/c18-14-12(11-27-17(26)23-16(19)20)1-6-22-15(14)25-9-7-24(8-10-25)13-2-4-21-5-3-13/h1-6H,7-11H2,(H4,19,20,23,26). The summed E-state index contributed by atoms with van der Waals surface area (Å²) in [4.78, 5) is 26.8. The molecule has 2 aromatic heterocycles. The summed E-state index contributed by atoms with van der Waals surface area (Å²) in [5.74, 6) is -0.699. The van der Waals surface area contributed by atoms with Crippen LogP contribution in [0.4, 0.5) is 20.7 Å². The van der Waals surface area contributed by atoms with Crippen LogP contribution >= 0.6 is 0 Å². The van der Waals surface area contributed by atoms with E-state index in [1.165, 1.54) is 12.3 Å². The zero-order chi connectivity index (χ0) is 19.2. The molecule has 1 aliphatic heterocycles. The van der Waals surface area contributed by atoms with Gasteiger partial charge < -0.3 is 26.0 Å². The van der Waals surface area contributed by atoms with E-state index in [0.717, 1.165) is 18.8 Å². The first-order valence-electron chi connectivity index (χ1n) is 8.34. The van der Waals surface area contributed by atoms with Gasteiger partial charge in [-0.15, -0.1) is 4.99 Å². The first-order chi connectivity index (χ1) is 13.0. The molecule has 27 heavy (non-hydrogen) atoms. The summed E-state index contributed by atoms with van der Waals surface area (Å²) in [6, 6.07) is 5.34. The van der Waals surface area contributed by atoms with E-state index in [4.69, 9.17) is 16.2 Å². The van der Waals surface area contributed by atoms with E-state index in [0.29, 0.717) is 13.1 Å². The second-order valence-electron chi connectivity index (χ2n) is 5.88. The van der Waals surface area contributed by atoms with Gasteiger partial charge in [0.05, 0.1) is 0 Å². The Morgan fingerprint density at radius 3 is 2.44 bits per heavy atom. The number of amides is 1. The molecule has 1 fully saturated rings. The van der Waals surface area contributed by atoms with Crippen molar-refractivity contribution in [3.63, 3.8) is 0 Å². The normalized spacial score (nSPS) is 14.0. The van der Waals surface area contributed by atoms with Crippen molar-refractivity contribution in [2.24, 2.45) is 16.5 Å². The van der Waals surface area contributed by atoms with Gasteiger partial charge in [-0.3, -0.25) is 4.98 Å². The van der Waals surface area contributed by atoms with Gasteiger partial charge in [-0.05, 0) is 18.2 Å². The Bertz CT molecular complexity index is 819. The molecule has 1 amide bonds. The van der Waals surface area contributed by atoms with E-state index >= 15 is 0 Å². The van der Waals surface area contributed by atoms with Crippen LogP contribution in [0.3, 0.4) is 0 Å². The number of halogens is 1. The number of nitrogens with zero attached hydrogens (tertiary/aromatic N) is 5. The van der Waals surface area contributed by atoms with E-state index in [9.17, 15) is 9.18 Å². The fraction of sp³-hybridized carbons (Fsp3) is 0.294. The fourth-order valence-corrected chi connectivity index (χ4v) is 2.81. The van der Waals surface area contributed by atoms with Gasteiger partial charge >= 0.3 is 6.09 Å². The van der Waals surface area contributed by atoms with Gasteiger partial charge in [0.15, 0.2) is 17.6 Å². The minimum Gasteiger partial charge on any atom is -0.443 e. The monoisotopic (exact) mass is 373 g/mol. The average Bonchev–Trinajstić information content (AvgIpc) is 2.67. The number of aliphatic imine (C=N–C) groups is 1. The Kier molecular flexibility index (Phi) is 5.64. The molecule has 0 aliphatic carbocycles. The zero-order valence-corrected chi connectivity index (χ0v) is 14.6. The average molecular weight is 373 g/mol. The lowest BCUT2D eigenvalue weighted by atomic mass is 10.2. The number of carbonyl (C=O) groups excluding carboxylic acids is 1. The van der Waals surface area contributed by atoms with Crippen LogP contribution in [0.1, 0.15) is 5.56 Å². The topological polar surface area (TPSA) is 123 Å². The van der Waals surface area contributed by atoms with E-state index in [1.54, 1.807) is 12.4 Å². The number of aromatic nitrogens is 2. The van der Waals surface area contributed by atoms with Gasteiger partial charge in [-0.2, -0.15) is 0 Å². The summed E-state index contributed by atoms with van der Waals surface area (Å²) in [6.45, 7) is 2.41. The Balaban J connectivity index is 1.64. The molecule has 10 heteroatoms. The fourth-order valence-electron chi connectivity index (χ4n) is 2.81. The van der Waals surface area contributed by atoms with Gasteiger partial charge in [0.2, 0.25) is 0 Å². The summed E-state index contributed by atoms with van der Waals surface area (Å²) in [5.41, 5.74) is 11.5. The second-order valence-corrected chi connectivity index (χ2v) is 5.88. The third kappa shape index (κ3) is 4.60. The van der Waals surface area contributed by atoms with E-state index in [2.05, 4.69) is 19.9 Å². The van der Waals surface area contributed by atoms with Gasteiger partial charge in [-0.25, -0.2) is 14.2 Å². The number of ether oxygens (including phenoxy) is 1. The van der Waals surface area contributed by atoms with Crippen molar-refractivity contribution in [3.05, 3.63) is 48.2 Å². The summed E-state index contributed by atoms with van der Waals surface area (Å²) >= 11 is 0. The van der Waals surface area contributed by atoms with Crippen molar-refractivity contribution in [2.45, 2.75) is 6.61 Å². The molecular formula is C17H20FN7O2. The van der Waals surface area contributed by atoms with Gasteiger partial charge in [0, 0.05) is 56.0 Å². The molecule has 1 saturated heterocycles. The highest BCUT2D eigenvalue weighted by atomic mass is 19.1. The lowest BCUT2D eigenvalue weighted by Crippen LogP contribution is -2.47. The molecule has 142 valence electrons. The molecule has 0 spiro atoms. The van der Waals surface area contributed by atoms with E-state index in [1.807, 2.05) is 17.0 Å². The largest absolute Gasteiger partial charge is 0.443 e. The molecule has 2 aromatic rings. The van der Waals surface area contributed by atoms with Gasteiger partial charge in [-0.1, -0.05) is 0 Å². The lowest BCUT2D eigenvalue weighted by Gasteiger charge is -2.36. The van der Waals surface area contributed by atoms with Gasteiger partial charge in [0.25, 0.3) is 0 Å². The second kappa shape index (κ2) is 8.30. The number of hydrogen-bond donors (Lipinski definition) is 2. The summed E-state index contributed by atoms with van der Waals surface area (Å²) in [5, 5.41) is 0. The summed E-state index contributed by atoms with van der Waals surface area (Å²) in [7, 11) is 0. The van der Waals surface area contributed by atoms with Gasteiger partial charge in [0.1, 0.15) is 6.61 Å². The van der Waals surface area contributed by atoms with Crippen LogP contribution in [0.15, 0.2) is 41.8 Å². The Hall–Kier alpha value is -3.43. The number of anilines is 2. The molecule has 3 heterocycles. The number of rotatable bonds is 4. The van der Waals surface area contributed by atoms with Crippen LogP contribution in [0.2, 0.25) is 0 Å². The van der Waals surface area contributed by atoms with Crippen LogP contribution in [-0.4, -0.2) is 48.2 Å². The Labute approximate surface area is 155 Å². The first kappa shape index (κ1) is 18.4. The number of carbonyl (C=O) groups is 1. The minimum atomic E-state index is -0.973. The molecule has 0 unspecified atom stereocenters. The SMILES string of the molecule is NC(N)=NC(=O)OCc1ccnc(N2CCN(c3ccncc3)CC2)c1F. The predicted molar refractivity (Wildman–Crippen MR) is 98.9 cm³/mol. The lowest BCUT2D eigenvalue weighted by molar-refractivity contribution is 0.149. The maximum absolute atomic E-state index is 14.8. The molecule has 9 nitrogen and oxygen atoms in total. The number of piperazine rings is 1. The molecule has 0 bridgehead atoms. The molecule has 0 atom stereocenters. The highest BCUT2D eigenvalue weighted by molar-refractivity contribution is 5.87. The maximum Gasteiger partial charge on any atom is 0.437 e. The van der Waals surface area contributed by atoms with E-state index < -0.39 is 17.9 Å². The highest BCUT2D eigenvalue weighted by Crippen LogP contribution is 2.23. The smallest absolute Gasteiger partial charge is 0.437 e. The maximum atomic E-state index is 14.8. The van der Waals surface area contributed by atoms with E-state index in [-0.39, 0.29) is 18.0 Å². The molecule has 0 radical (unpaired) electrons. The van der Waals surface area contributed by atoms with Crippen molar-refractivity contribution in [1.82, 2.24) is 9.97 Å². The molecule has 3 rings (SSSR count). The first-order valence-corrected chi connectivity index (χ1v) is 8.34. The third-order valence-electron chi connectivity index (χ3n) is 4.13. The summed E-state index contributed by atoms with van der Waals surface area (Å²) < 4.78 is 19.6. The summed E-state index contributed by atoms with van der Waals surface area (Å²) in [6.07, 6.45) is 4.00. The zero-order valence-electron chi connectivity index (χ0n) is 14.6. The molecule has 0 saturated carbocycles. The van der Waals surface area contributed by atoms with Crippen molar-refractivity contribution in [1.29, 1.82) is 0 Å². The third-order valence-corrected chi connectivity index (χ3v) is 4.13. The quantitative estimate of drug-likeness (QED) is 0.597. The van der Waals surface area contributed by atoms with Crippen LogP contribution in [0, 0.1) is 5.82 Å². The van der Waals surface area contributed by atoms with Crippen LogP contribution in [0.25, 0.3) is 0 Å². The number of hydrogen-bond acceptors (Lipinski definition) is 6. The molecule has 4 N–H and O–H groups in total. The van der Waals surface area contributed by atoms with Crippen molar-refractivity contribution in [2.75, 3.05) is 36.0 Å². The Morgan fingerprint density at radius 1 is 1.11 bits per heavy atom. The number of guanidine groups is 1. The minimum absolute atomic E-state index is 0.204. The van der Waals surface area contributed by atoms with Crippen molar-refractivity contribution < 1.29 is 13.9 Å². The predicted octanol–water partition coefficient (Wildman–Crippen LogP) is 0.852. The van der Waals surface area contributed by atoms with Crippen LogP contribution < -0.4 is 21.3 Å². The van der Waals surface area contributed by atoms with Crippen molar-refractivity contribution in [3.8, 4) is 0 Å². The van der Waals surface area contributed by atoms with Crippen LogP contribution in [0.5, 0.6) is 0 Å².